The highest BCUT2D eigenvalue weighted by Gasteiger charge is 2.39. The Morgan fingerprint density at radius 2 is 1.00 bits per heavy atom. The molecule has 0 saturated heterocycles. The fourth-order valence-electron chi connectivity index (χ4n) is 7.55. The second-order valence-corrected chi connectivity index (χ2v) is 13.0. The zero-order valence-electron chi connectivity index (χ0n) is 26.4. The second kappa shape index (κ2) is 10.6. The van der Waals surface area contributed by atoms with E-state index < -0.39 is 0 Å². The summed E-state index contributed by atoms with van der Waals surface area (Å²) in [7, 11) is 0. The van der Waals surface area contributed by atoms with Gasteiger partial charge >= 0.3 is 0 Å². The number of furan rings is 1. The number of anilines is 3. The van der Waals surface area contributed by atoms with Crippen LogP contribution in [0.15, 0.2) is 168 Å². The van der Waals surface area contributed by atoms with E-state index in [1.54, 1.807) is 0 Å². The summed E-state index contributed by atoms with van der Waals surface area (Å²) in [5.41, 5.74) is 15.1. The van der Waals surface area contributed by atoms with Crippen LogP contribution in [0.4, 0.5) is 17.1 Å². The van der Waals surface area contributed by atoms with Crippen molar-refractivity contribution in [3.63, 3.8) is 0 Å². The van der Waals surface area contributed by atoms with Gasteiger partial charge in [-0.15, -0.1) is 0 Å². The minimum absolute atomic E-state index is 0.249. The Morgan fingerprint density at radius 3 is 1.62 bits per heavy atom. The molecule has 2 heteroatoms. The fraction of sp³-hybridized carbons (Fsp3) is 0.0667. The third kappa shape index (κ3) is 4.40. The van der Waals surface area contributed by atoms with Crippen molar-refractivity contribution >= 4 is 39.0 Å². The van der Waals surface area contributed by atoms with Crippen molar-refractivity contribution in [2.24, 2.45) is 0 Å². The lowest BCUT2D eigenvalue weighted by Gasteiger charge is -2.32. The molecule has 0 aliphatic heterocycles. The molecule has 0 fully saturated rings. The molecule has 0 radical (unpaired) electrons. The average molecular weight is 604 g/mol. The van der Waals surface area contributed by atoms with Gasteiger partial charge in [0.1, 0.15) is 11.2 Å². The smallest absolute Gasteiger partial charge is 0.135 e. The quantitative estimate of drug-likeness (QED) is 0.195. The van der Waals surface area contributed by atoms with Gasteiger partial charge in [0.05, 0.1) is 5.69 Å². The first-order valence-electron chi connectivity index (χ1n) is 16.3. The van der Waals surface area contributed by atoms with E-state index in [9.17, 15) is 0 Å². The van der Waals surface area contributed by atoms with E-state index in [2.05, 4.69) is 176 Å². The average Bonchev–Trinajstić information content (AvgIpc) is 3.60. The molecule has 0 atom stereocenters. The summed E-state index contributed by atoms with van der Waals surface area (Å²) in [6.07, 6.45) is 0. The largest absolute Gasteiger partial charge is 0.456 e. The molecule has 7 aromatic carbocycles. The first-order valence-corrected chi connectivity index (χ1v) is 16.3. The summed E-state index contributed by atoms with van der Waals surface area (Å²) in [4.78, 5) is 2.43. The summed E-state index contributed by atoms with van der Waals surface area (Å²) in [5.74, 6) is 0. The van der Waals surface area contributed by atoms with Crippen molar-refractivity contribution < 1.29 is 4.42 Å². The summed E-state index contributed by atoms with van der Waals surface area (Å²) in [6, 6.07) is 58.9. The molecule has 1 aromatic heterocycles. The number of rotatable bonds is 5. The first-order chi connectivity index (χ1) is 23.1. The van der Waals surface area contributed by atoms with Gasteiger partial charge < -0.3 is 9.32 Å². The highest BCUT2D eigenvalue weighted by Crippen LogP contribution is 2.55. The molecular weight excluding hydrogens is 571 g/mol. The number of hydrogen-bond donors (Lipinski definition) is 0. The van der Waals surface area contributed by atoms with Gasteiger partial charge in [-0.25, -0.2) is 0 Å². The van der Waals surface area contributed by atoms with E-state index in [0.717, 1.165) is 27.9 Å². The van der Waals surface area contributed by atoms with Crippen molar-refractivity contribution in [1.29, 1.82) is 0 Å². The lowest BCUT2D eigenvalue weighted by atomic mass is 9.81. The Morgan fingerprint density at radius 1 is 0.447 bits per heavy atom. The van der Waals surface area contributed by atoms with Gasteiger partial charge in [-0.3, -0.25) is 0 Å². The van der Waals surface area contributed by atoms with Crippen LogP contribution < -0.4 is 4.90 Å². The maximum absolute atomic E-state index is 6.37. The highest BCUT2D eigenvalue weighted by molar-refractivity contribution is 6.08. The summed E-state index contributed by atoms with van der Waals surface area (Å²) in [6.45, 7) is 4.70. The molecule has 0 N–H and O–H groups in total. The highest BCUT2D eigenvalue weighted by atomic mass is 16.3. The van der Waals surface area contributed by atoms with Gasteiger partial charge in [-0.05, 0) is 93.0 Å². The minimum atomic E-state index is -0.249. The summed E-state index contributed by atoms with van der Waals surface area (Å²) >= 11 is 0. The molecule has 9 rings (SSSR count). The molecule has 0 unspecified atom stereocenters. The minimum Gasteiger partial charge on any atom is -0.456 e. The van der Waals surface area contributed by atoms with Gasteiger partial charge in [0.15, 0.2) is 0 Å². The maximum Gasteiger partial charge on any atom is 0.135 e. The Hall–Kier alpha value is -5.86. The third-order valence-electron chi connectivity index (χ3n) is 9.85. The molecule has 0 amide bonds. The van der Waals surface area contributed by atoms with Gasteiger partial charge in [0.25, 0.3) is 0 Å². The number of para-hydroxylation sites is 1. The molecule has 1 aliphatic carbocycles. The van der Waals surface area contributed by atoms with Gasteiger partial charge in [-0.1, -0.05) is 129 Å². The van der Waals surface area contributed by atoms with Crippen molar-refractivity contribution in [2.75, 3.05) is 4.90 Å². The van der Waals surface area contributed by atoms with E-state index in [1.165, 1.54) is 55.6 Å². The van der Waals surface area contributed by atoms with Crippen molar-refractivity contribution in [3.8, 4) is 33.4 Å². The van der Waals surface area contributed by atoms with Crippen LogP contribution in [-0.4, -0.2) is 0 Å². The van der Waals surface area contributed by atoms with Crippen LogP contribution in [0.2, 0.25) is 0 Å². The van der Waals surface area contributed by atoms with Crippen molar-refractivity contribution in [3.05, 3.63) is 175 Å². The molecule has 0 bridgehead atoms. The van der Waals surface area contributed by atoms with Gasteiger partial charge in [0.2, 0.25) is 0 Å². The predicted molar refractivity (Wildman–Crippen MR) is 197 cm³/mol. The molecule has 0 spiro atoms. The fourth-order valence-corrected chi connectivity index (χ4v) is 7.55. The second-order valence-electron chi connectivity index (χ2n) is 13.0. The van der Waals surface area contributed by atoms with Crippen LogP contribution >= 0.6 is 0 Å². The van der Waals surface area contributed by atoms with Crippen molar-refractivity contribution in [2.45, 2.75) is 19.3 Å². The van der Waals surface area contributed by atoms with Crippen LogP contribution in [0.25, 0.3) is 55.3 Å². The number of benzene rings is 7. The predicted octanol–water partition coefficient (Wildman–Crippen LogP) is 12.7. The van der Waals surface area contributed by atoms with E-state index in [4.69, 9.17) is 4.42 Å². The zero-order chi connectivity index (χ0) is 31.5. The Kier molecular flexibility index (Phi) is 6.20. The zero-order valence-corrected chi connectivity index (χ0v) is 26.4. The van der Waals surface area contributed by atoms with Crippen molar-refractivity contribution in [1.82, 2.24) is 0 Å². The standard InChI is InChI=1S/C45H33NO/c1-45(2)40-29-43-39(36-16-9-10-19-42(36)47-43)28-38(40)37-17-11-18-41(44(37)45)46(34-24-20-32(21-25-34)30-12-5-3-6-13-30)35-26-22-33(23-27-35)31-14-7-4-8-15-31/h3-29H,1-2H3. The van der Waals surface area contributed by atoms with E-state index in [-0.39, 0.29) is 5.41 Å². The topological polar surface area (TPSA) is 16.4 Å². The van der Waals surface area contributed by atoms with E-state index in [1.807, 2.05) is 6.07 Å². The Balaban J connectivity index is 1.23. The van der Waals surface area contributed by atoms with Crippen LogP contribution in [0.5, 0.6) is 0 Å². The first kappa shape index (κ1) is 27.5. The lowest BCUT2D eigenvalue weighted by molar-refractivity contribution is 0.647. The molecule has 0 saturated carbocycles. The molecule has 2 nitrogen and oxygen atoms in total. The number of nitrogens with zero attached hydrogens (tertiary/aromatic N) is 1. The SMILES string of the molecule is CC1(C)c2cc3oc4ccccc4c3cc2-c2cccc(N(c3ccc(-c4ccccc4)cc3)c3ccc(-c4ccccc4)cc3)c21. The molecule has 224 valence electrons. The van der Waals surface area contributed by atoms with Crippen LogP contribution in [-0.2, 0) is 5.41 Å². The maximum atomic E-state index is 6.37. The summed E-state index contributed by atoms with van der Waals surface area (Å²) < 4.78 is 6.37. The third-order valence-corrected chi connectivity index (χ3v) is 9.85. The molecule has 8 aromatic rings. The van der Waals surface area contributed by atoms with Crippen LogP contribution in [0.3, 0.4) is 0 Å². The Labute approximate surface area is 275 Å². The van der Waals surface area contributed by atoms with Gasteiger partial charge in [0, 0.05) is 27.6 Å². The van der Waals surface area contributed by atoms with E-state index in [0.29, 0.717) is 0 Å². The number of hydrogen-bond acceptors (Lipinski definition) is 2. The lowest BCUT2D eigenvalue weighted by Crippen LogP contribution is -2.20. The molecular formula is C45H33NO. The Bertz CT molecular complexity index is 2320. The molecule has 1 heterocycles. The molecule has 47 heavy (non-hydrogen) atoms. The summed E-state index contributed by atoms with van der Waals surface area (Å²) in [5, 5.41) is 2.32. The van der Waals surface area contributed by atoms with Gasteiger partial charge in [-0.2, -0.15) is 0 Å². The molecule has 1 aliphatic rings. The number of fused-ring (bicyclic) bond motifs is 6. The van der Waals surface area contributed by atoms with Crippen LogP contribution in [0.1, 0.15) is 25.0 Å². The van der Waals surface area contributed by atoms with Crippen LogP contribution in [0, 0.1) is 0 Å². The van der Waals surface area contributed by atoms with E-state index >= 15 is 0 Å². The monoisotopic (exact) mass is 603 g/mol. The normalized spacial score (nSPS) is 13.1.